The first-order chi connectivity index (χ1) is 6.27. The van der Waals surface area contributed by atoms with Crippen molar-refractivity contribution in [1.82, 2.24) is 0 Å². The van der Waals surface area contributed by atoms with Gasteiger partial charge < -0.3 is 22.5 Å². The Bertz CT molecular complexity index is 188. The molecule has 2 N–H and O–H groups in total. The molecule has 2 unspecified atom stereocenters. The largest absolute Gasteiger partial charge is 1.00 e. The second-order valence-electron chi connectivity index (χ2n) is 4.29. The maximum Gasteiger partial charge on any atom is 0.302 e. The number of esters is 1. The molecule has 2 fully saturated rings. The lowest BCUT2D eigenvalue weighted by Gasteiger charge is -2.39. The highest BCUT2D eigenvalue weighted by atomic mass is 35.5. The fraction of sp³-hybridized carbons (Fsp3) is 0.900. The van der Waals surface area contributed by atoms with Gasteiger partial charge in [0.2, 0.25) is 0 Å². The normalized spacial score (nSPS) is 35.6. The second kappa shape index (κ2) is 4.99. The highest BCUT2D eigenvalue weighted by Gasteiger charge is 2.40. The van der Waals surface area contributed by atoms with E-state index in [1.54, 1.807) is 0 Å². The second-order valence-corrected chi connectivity index (χ2v) is 4.29. The van der Waals surface area contributed by atoms with E-state index in [1.807, 2.05) is 0 Å². The van der Waals surface area contributed by atoms with Crippen LogP contribution in [0.1, 0.15) is 26.2 Å². The molecule has 1 aliphatic carbocycles. The van der Waals surface area contributed by atoms with E-state index >= 15 is 0 Å². The zero-order valence-electron chi connectivity index (χ0n) is 8.54. The van der Waals surface area contributed by atoms with Crippen LogP contribution in [-0.4, -0.2) is 25.2 Å². The van der Waals surface area contributed by atoms with Crippen molar-refractivity contribution in [3.8, 4) is 0 Å². The number of quaternary nitrogens is 1. The van der Waals surface area contributed by atoms with Crippen LogP contribution in [0.25, 0.3) is 0 Å². The summed E-state index contributed by atoms with van der Waals surface area (Å²) >= 11 is 0. The van der Waals surface area contributed by atoms with Gasteiger partial charge in [-0.2, -0.15) is 0 Å². The number of ether oxygens (including phenoxy) is 1. The first-order valence-corrected chi connectivity index (χ1v) is 5.26. The molecule has 1 heterocycles. The summed E-state index contributed by atoms with van der Waals surface area (Å²) in [6.07, 6.45) is 4.04. The molecule has 0 amide bonds. The van der Waals surface area contributed by atoms with Crippen molar-refractivity contribution in [2.45, 2.75) is 32.3 Å². The van der Waals surface area contributed by atoms with E-state index in [-0.39, 0.29) is 24.5 Å². The SMILES string of the molecule is CC(=O)OC1C2CCCC1C[NH2+]C2.[Cl-]. The van der Waals surface area contributed by atoms with Gasteiger partial charge >= 0.3 is 5.97 Å². The Morgan fingerprint density at radius 3 is 2.36 bits per heavy atom. The smallest absolute Gasteiger partial charge is 0.302 e. The summed E-state index contributed by atoms with van der Waals surface area (Å²) in [5, 5.41) is 2.37. The zero-order chi connectivity index (χ0) is 9.26. The lowest BCUT2D eigenvalue weighted by atomic mass is 9.76. The van der Waals surface area contributed by atoms with Crippen molar-refractivity contribution in [1.29, 1.82) is 0 Å². The van der Waals surface area contributed by atoms with Crippen LogP contribution < -0.4 is 17.7 Å². The van der Waals surface area contributed by atoms with Gasteiger partial charge in [-0.3, -0.25) is 4.79 Å². The van der Waals surface area contributed by atoms with Crippen molar-refractivity contribution < 1.29 is 27.3 Å². The van der Waals surface area contributed by atoms with Crippen molar-refractivity contribution in [3.05, 3.63) is 0 Å². The maximum absolute atomic E-state index is 10.9. The summed E-state index contributed by atoms with van der Waals surface area (Å²) in [5.74, 6) is 1.14. The van der Waals surface area contributed by atoms with Crippen molar-refractivity contribution in [2.75, 3.05) is 13.1 Å². The van der Waals surface area contributed by atoms with E-state index in [0.717, 1.165) is 13.1 Å². The standard InChI is InChI=1S/C10H17NO2.ClH/c1-7(12)13-10-8-3-2-4-9(10)6-11-5-8;/h8-11H,2-6H2,1H3;1H. The van der Waals surface area contributed by atoms with Crippen LogP contribution in [0.4, 0.5) is 0 Å². The lowest BCUT2D eigenvalue weighted by molar-refractivity contribution is -0.681. The molecule has 0 radical (unpaired) electrons. The third-order valence-electron chi connectivity index (χ3n) is 3.32. The van der Waals surface area contributed by atoms with Crippen molar-refractivity contribution >= 4 is 5.97 Å². The Kier molecular flexibility index (Phi) is 4.20. The summed E-state index contributed by atoms with van der Waals surface area (Å²) in [6, 6.07) is 0. The molecule has 1 saturated heterocycles. The highest BCUT2D eigenvalue weighted by Crippen LogP contribution is 2.32. The van der Waals surface area contributed by atoms with E-state index in [4.69, 9.17) is 4.74 Å². The number of carbonyl (C=O) groups excluding carboxylic acids is 1. The van der Waals surface area contributed by atoms with E-state index in [0.29, 0.717) is 11.8 Å². The Hall–Kier alpha value is -0.280. The van der Waals surface area contributed by atoms with Crippen molar-refractivity contribution in [3.63, 3.8) is 0 Å². The summed E-state index contributed by atoms with van der Waals surface area (Å²) in [5.41, 5.74) is 0. The molecule has 0 spiro atoms. The molecule has 4 heteroatoms. The van der Waals surface area contributed by atoms with Crippen LogP contribution in [0, 0.1) is 11.8 Å². The highest BCUT2D eigenvalue weighted by molar-refractivity contribution is 5.66. The van der Waals surface area contributed by atoms with Gasteiger partial charge in [0.25, 0.3) is 0 Å². The van der Waals surface area contributed by atoms with Crippen molar-refractivity contribution in [2.24, 2.45) is 11.8 Å². The summed E-state index contributed by atoms with van der Waals surface area (Å²) in [7, 11) is 0. The molecule has 1 saturated carbocycles. The van der Waals surface area contributed by atoms with Crippen LogP contribution in [0.15, 0.2) is 0 Å². The maximum atomic E-state index is 10.9. The topological polar surface area (TPSA) is 42.9 Å². The Morgan fingerprint density at radius 2 is 1.86 bits per heavy atom. The first-order valence-electron chi connectivity index (χ1n) is 5.26. The molecule has 14 heavy (non-hydrogen) atoms. The van der Waals surface area contributed by atoms with Crippen LogP contribution in [-0.2, 0) is 9.53 Å². The number of rotatable bonds is 1. The minimum Gasteiger partial charge on any atom is -1.00 e. The molecule has 0 aromatic rings. The molecule has 0 aromatic heterocycles. The Labute approximate surface area is 91.0 Å². The van der Waals surface area contributed by atoms with Crippen LogP contribution in [0.5, 0.6) is 0 Å². The van der Waals surface area contributed by atoms with Gasteiger partial charge in [-0.25, -0.2) is 0 Å². The van der Waals surface area contributed by atoms with Crippen LogP contribution >= 0.6 is 0 Å². The van der Waals surface area contributed by atoms with Gasteiger partial charge in [0.1, 0.15) is 6.10 Å². The molecular weight excluding hydrogens is 202 g/mol. The zero-order valence-corrected chi connectivity index (χ0v) is 9.30. The summed E-state index contributed by atoms with van der Waals surface area (Å²) in [4.78, 5) is 10.9. The monoisotopic (exact) mass is 219 g/mol. The van der Waals surface area contributed by atoms with Gasteiger partial charge in [-0.05, 0) is 12.8 Å². The minimum absolute atomic E-state index is 0. The number of hydrogen-bond donors (Lipinski definition) is 1. The quantitative estimate of drug-likeness (QED) is 0.476. The molecule has 2 atom stereocenters. The average Bonchev–Trinajstić information content (AvgIpc) is 2.02. The molecule has 2 bridgehead atoms. The van der Waals surface area contributed by atoms with Gasteiger partial charge in [-0.15, -0.1) is 0 Å². The third-order valence-corrected chi connectivity index (χ3v) is 3.32. The molecule has 0 aromatic carbocycles. The van der Waals surface area contributed by atoms with Crippen LogP contribution in [0.3, 0.4) is 0 Å². The molecule has 1 aliphatic heterocycles. The molecule has 2 rings (SSSR count). The summed E-state index contributed by atoms with van der Waals surface area (Å²) < 4.78 is 5.40. The average molecular weight is 220 g/mol. The number of nitrogens with two attached hydrogens (primary N) is 1. The predicted octanol–water partition coefficient (Wildman–Crippen LogP) is -3.08. The molecule has 82 valence electrons. The predicted molar refractivity (Wildman–Crippen MR) is 48.0 cm³/mol. The van der Waals surface area contributed by atoms with E-state index in [1.165, 1.54) is 26.2 Å². The fourth-order valence-electron chi connectivity index (χ4n) is 2.77. The number of fused-ring (bicyclic) bond motifs is 2. The number of carbonyl (C=O) groups is 1. The van der Waals surface area contributed by atoms with Gasteiger partial charge in [0.15, 0.2) is 0 Å². The fourth-order valence-corrected chi connectivity index (χ4v) is 2.77. The first kappa shape index (κ1) is 11.8. The van der Waals surface area contributed by atoms with E-state index in [2.05, 4.69) is 5.32 Å². The third kappa shape index (κ3) is 2.39. The molecule has 2 aliphatic rings. The molecular formula is C10H18ClNO2. The van der Waals surface area contributed by atoms with Gasteiger partial charge in [0.05, 0.1) is 13.1 Å². The summed E-state index contributed by atoms with van der Waals surface area (Å²) in [6.45, 7) is 3.82. The lowest BCUT2D eigenvalue weighted by Crippen LogP contribution is -3.00. The van der Waals surface area contributed by atoms with E-state index < -0.39 is 0 Å². The number of piperidine rings is 1. The number of halogens is 1. The van der Waals surface area contributed by atoms with Crippen LogP contribution in [0.2, 0.25) is 0 Å². The number of hydrogen-bond acceptors (Lipinski definition) is 2. The Morgan fingerprint density at radius 1 is 1.29 bits per heavy atom. The van der Waals surface area contributed by atoms with Gasteiger partial charge in [0, 0.05) is 18.8 Å². The van der Waals surface area contributed by atoms with E-state index in [9.17, 15) is 4.79 Å². The van der Waals surface area contributed by atoms with Gasteiger partial charge in [-0.1, -0.05) is 6.42 Å². The molecule has 3 nitrogen and oxygen atoms in total. The Balaban J connectivity index is 0.000000980. The minimum atomic E-state index is -0.108.